The molecule has 1 aromatic carbocycles. The molecule has 16 heavy (non-hydrogen) atoms. The third-order valence-electron chi connectivity index (χ3n) is 2.99. The molecule has 0 unspecified atom stereocenters. The molecular formula is C12H11N3O. The van der Waals surface area contributed by atoms with Gasteiger partial charge < -0.3 is 4.98 Å². The third-order valence-corrected chi connectivity index (χ3v) is 2.99. The molecule has 0 amide bonds. The van der Waals surface area contributed by atoms with E-state index in [0.717, 1.165) is 11.2 Å². The minimum atomic E-state index is 0.0509. The van der Waals surface area contributed by atoms with Crippen LogP contribution in [0.5, 0.6) is 0 Å². The van der Waals surface area contributed by atoms with Gasteiger partial charge in [-0.25, -0.2) is 0 Å². The molecule has 0 aliphatic rings. The number of aryl methyl sites for hydroxylation is 2. The minimum absolute atomic E-state index is 0.0509. The summed E-state index contributed by atoms with van der Waals surface area (Å²) in [5.74, 6) is 0. The second kappa shape index (κ2) is 2.95. The SMILES string of the molecule is Cc1c2c(=O)c3ccccc3[nH]c2nn1C. The van der Waals surface area contributed by atoms with E-state index in [1.165, 1.54) is 0 Å². The number of H-pyrrole nitrogens is 1. The molecule has 3 rings (SSSR count). The molecule has 0 aliphatic heterocycles. The number of hydrogen-bond acceptors (Lipinski definition) is 2. The zero-order chi connectivity index (χ0) is 11.3. The molecule has 0 saturated carbocycles. The highest BCUT2D eigenvalue weighted by atomic mass is 16.1. The van der Waals surface area contributed by atoms with Gasteiger partial charge in [0.05, 0.1) is 10.9 Å². The summed E-state index contributed by atoms with van der Waals surface area (Å²) in [5, 5.41) is 5.68. The molecular weight excluding hydrogens is 202 g/mol. The van der Waals surface area contributed by atoms with Crippen LogP contribution in [0.15, 0.2) is 29.1 Å². The average molecular weight is 213 g/mol. The lowest BCUT2D eigenvalue weighted by atomic mass is 10.1. The highest BCUT2D eigenvalue weighted by Gasteiger charge is 2.11. The van der Waals surface area contributed by atoms with E-state index in [0.29, 0.717) is 16.4 Å². The second-order valence-corrected chi connectivity index (χ2v) is 3.93. The number of rotatable bonds is 0. The number of aromatic nitrogens is 3. The summed E-state index contributed by atoms with van der Waals surface area (Å²) in [7, 11) is 1.84. The number of aromatic amines is 1. The predicted molar refractivity (Wildman–Crippen MR) is 63.6 cm³/mol. The van der Waals surface area contributed by atoms with E-state index >= 15 is 0 Å². The monoisotopic (exact) mass is 213 g/mol. The highest BCUT2D eigenvalue weighted by molar-refractivity contribution is 5.91. The van der Waals surface area contributed by atoms with Crippen LogP contribution in [0.2, 0.25) is 0 Å². The van der Waals surface area contributed by atoms with E-state index in [1.807, 2.05) is 38.2 Å². The summed E-state index contributed by atoms with van der Waals surface area (Å²) >= 11 is 0. The fraction of sp³-hybridized carbons (Fsp3) is 0.167. The van der Waals surface area contributed by atoms with Gasteiger partial charge >= 0.3 is 0 Å². The van der Waals surface area contributed by atoms with Crippen LogP contribution in [0.1, 0.15) is 5.69 Å². The minimum Gasteiger partial charge on any atom is -0.338 e. The number of nitrogens with zero attached hydrogens (tertiary/aromatic N) is 2. The standard InChI is InChI=1S/C12H11N3O/c1-7-10-11(16)8-5-3-4-6-9(8)13-12(10)14-15(7)2/h3-6H,1-2H3,(H,13,14). The van der Waals surface area contributed by atoms with Crippen molar-refractivity contribution in [2.24, 2.45) is 7.05 Å². The zero-order valence-corrected chi connectivity index (χ0v) is 9.11. The number of hydrogen-bond donors (Lipinski definition) is 1. The Morgan fingerprint density at radius 3 is 2.88 bits per heavy atom. The lowest BCUT2D eigenvalue weighted by Crippen LogP contribution is -2.04. The lowest BCUT2D eigenvalue weighted by molar-refractivity contribution is 0.748. The summed E-state index contributed by atoms with van der Waals surface area (Å²) in [6.45, 7) is 1.90. The summed E-state index contributed by atoms with van der Waals surface area (Å²) in [6.07, 6.45) is 0. The van der Waals surface area contributed by atoms with Crippen LogP contribution in [0.25, 0.3) is 21.9 Å². The number of para-hydroxylation sites is 1. The average Bonchev–Trinajstić information content (AvgIpc) is 2.55. The molecule has 80 valence electrons. The predicted octanol–water partition coefficient (Wildman–Crippen LogP) is 1.72. The fourth-order valence-electron chi connectivity index (χ4n) is 2.02. The second-order valence-electron chi connectivity index (χ2n) is 3.93. The molecule has 3 aromatic rings. The topological polar surface area (TPSA) is 50.7 Å². The smallest absolute Gasteiger partial charge is 0.200 e. The molecule has 0 radical (unpaired) electrons. The van der Waals surface area contributed by atoms with Crippen molar-refractivity contribution in [1.82, 2.24) is 14.8 Å². The number of nitrogens with one attached hydrogen (secondary N) is 1. The van der Waals surface area contributed by atoms with Gasteiger partial charge in [-0.3, -0.25) is 9.48 Å². The van der Waals surface area contributed by atoms with Gasteiger partial charge in [-0.2, -0.15) is 5.10 Å². The van der Waals surface area contributed by atoms with Gasteiger partial charge in [0.25, 0.3) is 0 Å². The van der Waals surface area contributed by atoms with Crippen molar-refractivity contribution < 1.29 is 0 Å². The van der Waals surface area contributed by atoms with Gasteiger partial charge in [0.15, 0.2) is 5.65 Å². The number of pyridine rings is 1. The van der Waals surface area contributed by atoms with Crippen LogP contribution >= 0.6 is 0 Å². The normalized spacial score (nSPS) is 11.4. The first-order valence-electron chi connectivity index (χ1n) is 5.13. The molecule has 4 heteroatoms. The maximum atomic E-state index is 12.2. The van der Waals surface area contributed by atoms with Gasteiger partial charge in [-0.15, -0.1) is 0 Å². The van der Waals surface area contributed by atoms with Crippen LogP contribution < -0.4 is 5.43 Å². The van der Waals surface area contributed by atoms with Gasteiger partial charge in [-0.05, 0) is 19.1 Å². The van der Waals surface area contributed by atoms with E-state index < -0.39 is 0 Å². The molecule has 2 aromatic heterocycles. The number of fused-ring (bicyclic) bond motifs is 2. The Bertz CT molecular complexity index is 752. The van der Waals surface area contributed by atoms with Crippen molar-refractivity contribution in [2.45, 2.75) is 6.92 Å². The van der Waals surface area contributed by atoms with Crippen molar-refractivity contribution in [1.29, 1.82) is 0 Å². The maximum absolute atomic E-state index is 12.2. The Morgan fingerprint density at radius 2 is 2.06 bits per heavy atom. The summed E-state index contributed by atoms with van der Waals surface area (Å²) < 4.78 is 1.72. The van der Waals surface area contributed by atoms with Gasteiger partial charge in [0, 0.05) is 18.1 Å². The number of benzene rings is 1. The largest absolute Gasteiger partial charge is 0.338 e. The first-order chi connectivity index (χ1) is 7.68. The third kappa shape index (κ3) is 1.04. The van der Waals surface area contributed by atoms with Crippen LogP contribution in [0.4, 0.5) is 0 Å². The molecule has 4 nitrogen and oxygen atoms in total. The van der Waals surface area contributed by atoms with Crippen LogP contribution in [-0.4, -0.2) is 14.8 Å². The van der Waals surface area contributed by atoms with E-state index in [1.54, 1.807) is 4.68 Å². The Balaban J connectivity index is 2.67. The maximum Gasteiger partial charge on any atom is 0.200 e. The van der Waals surface area contributed by atoms with E-state index in [2.05, 4.69) is 10.1 Å². The lowest BCUT2D eigenvalue weighted by Gasteiger charge is -1.97. The van der Waals surface area contributed by atoms with Crippen molar-refractivity contribution in [3.05, 3.63) is 40.2 Å². The molecule has 0 saturated heterocycles. The highest BCUT2D eigenvalue weighted by Crippen LogP contribution is 2.15. The van der Waals surface area contributed by atoms with Crippen LogP contribution in [0.3, 0.4) is 0 Å². The van der Waals surface area contributed by atoms with Crippen molar-refractivity contribution in [3.8, 4) is 0 Å². The van der Waals surface area contributed by atoms with Crippen LogP contribution in [0, 0.1) is 6.92 Å². The van der Waals surface area contributed by atoms with E-state index in [-0.39, 0.29) is 5.43 Å². The molecule has 0 aliphatic carbocycles. The molecule has 0 spiro atoms. The van der Waals surface area contributed by atoms with Gasteiger partial charge in [0.2, 0.25) is 5.43 Å². The molecule has 0 fully saturated rings. The van der Waals surface area contributed by atoms with Crippen molar-refractivity contribution in [3.63, 3.8) is 0 Å². The Kier molecular flexibility index (Phi) is 1.68. The first kappa shape index (κ1) is 9.15. The Labute approximate surface area is 91.5 Å². The molecule has 0 bridgehead atoms. The molecule has 2 heterocycles. The summed E-state index contributed by atoms with van der Waals surface area (Å²) in [6, 6.07) is 7.50. The van der Waals surface area contributed by atoms with Crippen molar-refractivity contribution in [2.75, 3.05) is 0 Å². The van der Waals surface area contributed by atoms with Gasteiger partial charge in [0.1, 0.15) is 0 Å². The van der Waals surface area contributed by atoms with Crippen LogP contribution in [-0.2, 0) is 7.05 Å². The quantitative estimate of drug-likeness (QED) is 0.618. The van der Waals surface area contributed by atoms with Crippen molar-refractivity contribution >= 4 is 21.9 Å². The Morgan fingerprint density at radius 1 is 1.31 bits per heavy atom. The Hall–Kier alpha value is -2.10. The van der Waals surface area contributed by atoms with Gasteiger partial charge in [-0.1, -0.05) is 12.1 Å². The first-order valence-corrected chi connectivity index (χ1v) is 5.13. The molecule has 0 atom stereocenters. The zero-order valence-electron chi connectivity index (χ0n) is 9.11. The fourth-order valence-corrected chi connectivity index (χ4v) is 2.02. The van der Waals surface area contributed by atoms with E-state index in [4.69, 9.17) is 0 Å². The molecule has 1 N–H and O–H groups in total. The van der Waals surface area contributed by atoms with E-state index in [9.17, 15) is 4.79 Å². The summed E-state index contributed by atoms with van der Waals surface area (Å²) in [5.41, 5.74) is 2.43. The summed E-state index contributed by atoms with van der Waals surface area (Å²) in [4.78, 5) is 15.4.